The van der Waals surface area contributed by atoms with Gasteiger partial charge in [-0.05, 0) is 17.8 Å². The highest BCUT2D eigenvalue weighted by Gasteiger charge is 2.21. The van der Waals surface area contributed by atoms with E-state index in [2.05, 4.69) is 10.4 Å². The van der Waals surface area contributed by atoms with Gasteiger partial charge in [0.15, 0.2) is 5.02 Å². The van der Waals surface area contributed by atoms with Gasteiger partial charge in [0.05, 0.1) is 11.3 Å². The molecule has 0 bridgehead atoms. The first kappa shape index (κ1) is 14.8. The molecule has 0 spiro atoms. The second-order valence-corrected chi connectivity index (χ2v) is 5.42. The third-order valence-electron chi connectivity index (χ3n) is 3.40. The molecule has 1 aliphatic carbocycles. The minimum absolute atomic E-state index is 0.0515. The van der Waals surface area contributed by atoms with Crippen molar-refractivity contribution in [1.82, 2.24) is 15.1 Å². The van der Waals surface area contributed by atoms with Crippen molar-refractivity contribution < 1.29 is 9.72 Å². The van der Waals surface area contributed by atoms with Gasteiger partial charge in [0.1, 0.15) is 6.54 Å². The number of hydrogen-bond acceptors (Lipinski definition) is 4. The molecule has 1 aromatic heterocycles. The van der Waals surface area contributed by atoms with Gasteiger partial charge < -0.3 is 15.4 Å². The normalized spacial score (nSPS) is 16.6. The van der Waals surface area contributed by atoms with E-state index >= 15 is 0 Å². The van der Waals surface area contributed by atoms with Crippen LogP contribution in [0.25, 0.3) is 0 Å². The minimum atomic E-state index is -0.665. The largest absolute Gasteiger partial charge is 0.408 e. The van der Waals surface area contributed by atoms with E-state index in [-0.39, 0.29) is 23.5 Å². The number of nitrogens with zero attached hydrogens (tertiary/aromatic N) is 3. The van der Waals surface area contributed by atoms with E-state index in [4.69, 9.17) is 11.6 Å². The molecule has 0 saturated heterocycles. The van der Waals surface area contributed by atoms with E-state index in [1.54, 1.807) is 0 Å². The van der Waals surface area contributed by atoms with Gasteiger partial charge in [-0.25, -0.2) is 0 Å². The maximum atomic E-state index is 11.9. The summed E-state index contributed by atoms with van der Waals surface area (Å²) in [5, 5.41) is 17.2. The number of carbonyl (C=O) groups is 1. The van der Waals surface area contributed by atoms with E-state index in [1.807, 2.05) is 0 Å². The standard InChI is InChI=1S/C12H17ClN4O3/c13-10-7-16(15-12(10)17(19)20)8-11(18)14-9-5-3-1-2-4-6-9/h7,9H,1-6,8H2,(H,14,18). The summed E-state index contributed by atoms with van der Waals surface area (Å²) in [6, 6.07) is 0.200. The van der Waals surface area contributed by atoms with E-state index in [1.165, 1.54) is 23.7 Å². The Balaban J connectivity index is 1.90. The average Bonchev–Trinajstić information content (AvgIpc) is 2.59. The molecule has 2 rings (SSSR count). The number of nitro groups is 1. The van der Waals surface area contributed by atoms with Crippen LogP contribution in [0.15, 0.2) is 6.20 Å². The summed E-state index contributed by atoms with van der Waals surface area (Å²) in [5.41, 5.74) is 0. The van der Waals surface area contributed by atoms with Crippen LogP contribution in [0, 0.1) is 10.1 Å². The number of carbonyl (C=O) groups excluding carboxylic acids is 1. The zero-order valence-corrected chi connectivity index (χ0v) is 11.8. The lowest BCUT2D eigenvalue weighted by atomic mass is 10.1. The van der Waals surface area contributed by atoms with Gasteiger partial charge in [-0.15, -0.1) is 0 Å². The van der Waals surface area contributed by atoms with Gasteiger partial charge in [-0.2, -0.15) is 4.68 Å². The molecule has 8 heteroatoms. The predicted octanol–water partition coefficient (Wildman–Crippen LogP) is 2.28. The number of aromatic nitrogens is 2. The molecule has 0 atom stereocenters. The summed E-state index contributed by atoms with van der Waals surface area (Å²) in [6.45, 7) is -0.0515. The van der Waals surface area contributed by atoms with Crippen LogP contribution >= 0.6 is 11.6 Å². The molecule has 7 nitrogen and oxygen atoms in total. The average molecular weight is 301 g/mol. The molecule has 0 radical (unpaired) electrons. The monoisotopic (exact) mass is 300 g/mol. The SMILES string of the molecule is O=C(Cn1cc(Cl)c([N+](=O)[O-])n1)NC1CCCCCC1. The Kier molecular flexibility index (Phi) is 4.94. The van der Waals surface area contributed by atoms with Crippen LogP contribution in [0.4, 0.5) is 5.82 Å². The molecule has 1 N–H and O–H groups in total. The van der Waals surface area contributed by atoms with Crippen molar-refractivity contribution in [3.8, 4) is 0 Å². The van der Waals surface area contributed by atoms with Gasteiger partial charge in [-0.1, -0.05) is 37.3 Å². The van der Waals surface area contributed by atoms with Gasteiger partial charge in [0, 0.05) is 6.04 Å². The van der Waals surface area contributed by atoms with E-state index in [0.717, 1.165) is 25.7 Å². The van der Waals surface area contributed by atoms with Crippen molar-refractivity contribution in [2.75, 3.05) is 0 Å². The van der Waals surface area contributed by atoms with Crippen LogP contribution in [0.2, 0.25) is 5.02 Å². The summed E-state index contributed by atoms with van der Waals surface area (Å²) in [5.74, 6) is -0.611. The van der Waals surface area contributed by atoms with Crippen molar-refractivity contribution in [2.24, 2.45) is 0 Å². The van der Waals surface area contributed by atoms with Crippen LogP contribution in [0.5, 0.6) is 0 Å². The van der Waals surface area contributed by atoms with Crippen molar-refractivity contribution in [1.29, 1.82) is 0 Å². The molecule has 1 amide bonds. The van der Waals surface area contributed by atoms with Gasteiger partial charge in [0.2, 0.25) is 5.91 Å². The highest BCUT2D eigenvalue weighted by molar-refractivity contribution is 6.32. The molecule has 1 aromatic rings. The molecule has 1 fully saturated rings. The Hall–Kier alpha value is -1.63. The first-order valence-corrected chi connectivity index (χ1v) is 7.11. The summed E-state index contributed by atoms with van der Waals surface area (Å²) >= 11 is 5.68. The second-order valence-electron chi connectivity index (χ2n) is 5.01. The predicted molar refractivity (Wildman–Crippen MR) is 73.5 cm³/mol. The molecular weight excluding hydrogens is 284 g/mol. The van der Waals surface area contributed by atoms with Gasteiger partial charge >= 0.3 is 5.82 Å². The Morgan fingerprint density at radius 3 is 2.65 bits per heavy atom. The summed E-state index contributed by atoms with van der Waals surface area (Å²) in [4.78, 5) is 21.9. The molecule has 1 saturated carbocycles. The first-order chi connectivity index (χ1) is 9.56. The summed E-state index contributed by atoms with van der Waals surface area (Å²) < 4.78 is 1.20. The lowest BCUT2D eigenvalue weighted by molar-refractivity contribution is -0.389. The molecular formula is C12H17ClN4O3. The van der Waals surface area contributed by atoms with E-state index < -0.39 is 10.7 Å². The van der Waals surface area contributed by atoms with Gasteiger partial charge in [-0.3, -0.25) is 4.79 Å². The summed E-state index contributed by atoms with van der Waals surface area (Å²) in [7, 11) is 0. The molecule has 20 heavy (non-hydrogen) atoms. The van der Waals surface area contributed by atoms with Crippen LogP contribution in [-0.2, 0) is 11.3 Å². The fourth-order valence-corrected chi connectivity index (χ4v) is 2.66. The summed E-state index contributed by atoms with van der Waals surface area (Å²) in [6.07, 6.45) is 7.97. The zero-order valence-electron chi connectivity index (χ0n) is 11.0. The van der Waals surface area contributed by atoms with E-state index in [0.29, 0.717) is 0 Å². The first-order valence-electron chi connectivity index (χ1n) is 6.73. The lowest BCUT2D eigenvalue weighted by Crippen LogP contribution is -2.36. The maximum Gasteiger partial charge on any atom is 0.408 e. The molecule has 1 heterocycles. The quantitative estimate of drug-likeness (QED) is 0.525. The molecule has 0 aliphatic heterocycles. The number of nitrogens with one attached hydrogen (secondary N) is 1. The number of amides is 1. The van der Waals surface area contributed by atoms with Crippen molar-refractivity contribution in [3.05, 3.63) is 21.3 Å². The van der Waals surface area contributed by atoms with Crippen LogP contribution in [0.1, 0.15) is 38.5 Å². The van der Waals surface area contributed by atoms with Crippen LogP contribution < -0.4 is 5.32 Å². The molecule has 0 unspecified atom stereocenters. The fourth-order valence-electron chi connectivity index (χ4n) is 2.44. The maximum absolute atomic E-state index is 11.9. The van der Waals surface area contributed by atoms with Crippen molar-refractivity contribution >= 4 is 23.3 Å². The second kappa shape index (κ2) is 6.69. The Morgan fingerprint density at radius 1 is 1.45 bits per heavy atom. The number of hydrogen-bond donors (Lipinski definition) is 1. The molecule has 110 valence electrons. The van der Waals surface area contributed by atoms with Crippen molar-refractivity contribution in [3.63, 3.8) is 0 Å². The Morgan fingerprint density at radius 2 is 2.10 bits per heavy atom. The third kappa shape index (κ3) is 3.93. The zero-order chi connectivity index (χ0) is 14.5. The van der Waals surface area contributed by atoms with Crippen LogP contribution in [0.3, 0.4) is 0 Å². The lowest BCUT2D eigenvalue weighted by Gasteiger charge is -2.15. The molecule has 1 aliphatic rings. The highest BCUT2D eigenvalue weighted by Crippen LogP contribution is 2.21. The number of rotatable bonds is 4. The molecule has 0 aromatic carbocycles. The Labute approximate surface area is 121 Å². The van der Waals surface area contributed by atoms with Crippen molar-refractivity contribution in [2.45, 2.75) is 51.1 Å². The highest BCUT2D eigenvalue weighted by atomic mass is 35.5. The van der Waals surface area contributed by atoms with E-state index in [9.17, 15) is 14.9 Å². The minimum Gasteiger partial charge on any atom is -0.358 e. The third-order valence-corrected chi connectivity index (χ3v) is 3.66. The fraction of sp³-hybridized carbons (Fsp3) is 0.667. The topological polar surface area (TPSA) is 90.1 Å². The van der Waals surface area contributed by atoms with Crippen LogP contribution in [-0.4, -0.2) is 26.7 Å². The Bertz CT molecular complexity index is 495. The van der Waals surface area contributed by atoms with Gasteiger partial charge in [0.25, 0.3) is 0 Å². The smallest absolute Gasteiger partial charge is 0.358 e. The number of halogens is 1.